The fraction of sp³-hybridized carbons (Fsp3) is 0.429. The predicted octanol–water partition coefficient (Wildman–Crippen LogP) is 7.64. The molecule has 3 aromatic rings. The van der Waals surface area contributed by atoms with E-state index in [1.165, 1.54) is 5.56 Å². The van der Waals surface area contributed by atoms with Crippen LogP contribution >= 0.6 is 23.2 Å². The number of hydrogen-bond donors (Lipinski definition) is 0. The van der Waals surface area contributed by atoms with Gasteiger partial charge in [0, 0.05) is 49.1 Å². The highest BCUT2D eigenvalue weighted by molar-refractivity contribution is 6.42. The van der Waals surface area contributed by atoms with Gasteiger partial charge in [-0.05, 0) is 101 Å². The molecule has 0 aliphatic carbocycles. The summed E-state index contributed by atoms with van der Waals surface area (Å²) in [5.74, 6) is 0.240. The van der Waals surface area contributed by atoms with Crippen molar-refractivity contribution in [2.75, 3.05) is 38.1 Å². The number of carbonyl (C=O) groups excluding carboxylic acids is 2. The number of para-hydroxylation sites is 1. The van der Waals surface area contributed by atoms with Crippen LogP contribution in [0.5, 0.6) is 0 Å². The van der Waals surface area contributed by atoms with Crippen LogP contribution < -0.4 is 4.90 Å². The number of likely N-dealkylation sites (tertiary alicyclic amines) is 1. The summed E-state index contributed by atoms with van der Waals surface area (Å²) < 4.78 is 0. The van der Waals surface area contributed by atoms with Crippen molar-refractivity contribution in [3.05, 3.63) is 98.5 Å². The maximum absolute atomic E-state index is 13.4. The Bertz CT molecular complexity index is 1460. The average Bonchev–Trinajstić information content (AvgIpc) is 3.19. The molecule has 2 amide bonds. The molecule has 0 unspecified atom stereocenters. The van der Waals surface area contributed by atoms with Gasteiger partial charge in [0.25, 0.3) is 5.91 Å². The molecule has 222 valence electrons. The Morgan fingerprint density at radius 1 is 0.976 bits per heavy atom. The van der Waals surface area contributed by atoms with Crippen LogP contribution in [0.2, 0.25) is 10.0 Å². The molecule has 7 heteroatoms. The van der Waals surface area contributed by atoms with Crippen molar-refractivity contribution >= 4 is 40.7 Å². The number of fused-ring (bicyclic) bond motifs is 2. The monoisotopic (exact) mass is 605 g/mol. The molecule has 0 N–H and O–H groups in total. The number of likely N-dealkylation sites (N-methyl/N-ethyl adjacent to an activating group) is 1. The standard InChI is InChI=1S/C35H41Cl2N3O2/c1-23-18-24(2)20-29(19-23)34(42)38(5)22-28(27-10-11-31(36)32(37)21-27)12-15-39-16-13-35(14-17-39)25(3)40(26(4)41)33-9-7-6-8-30(33)35/h6-11,18-21,25,28H,12-17,22H2,1-5H3/t25-,28+/m0/s1. The molecule has 0 radical (unpaired) electrons. The number of hydrogen-bond acceptors (Lipinski definition) is 3. The third-order valence-electron chi connectivity index (χ3n) is 9.49. The fourth-order valence-corrected chi connectivity index (χ4v) is 7.60. The number of rotatable bonds is 7. The van der Waals surface area contributed by atoms with Gasteiger partial charge in [0.05, 0.1) is 10.0 Å². The van der Waals surface area contributed by atoms with Crippen molar-refractivity contribution in [2.24, 2.45) is 0 Å². The second-order valence-electron chi connectivity index (χ2n) is 12.3. The third kappa shape index (κ3) is 5.97. The summed E-state index contributed by atoms with van der Waals surface area (Å²) in [4.78, 5) is 32.4. The van der Waals surface area contributed by atoms with Gasteiger partial charge in [0.2, 0.25) is 5.91 Å². The average molecular weight is 607 g/mol. The Balaban J connectivity index is 1.30. The summed E-state index contributed by atoms with van der Waals surface area (Å²) in [5.41, 5.74) is 6.35. The molecule has 1 spiro atoms. The molecule has 3 aromatic carbocycles. The van der Waals surface area contributed by atoms with Crippen molar-refractivity contribution in [3.8, 4) is 0 Å². The van der Waals surface area contributed by atoms with Crippen LogP contribution in [0, 0.1) is 13.8 Å². The molecule has 0 aromatic heterocycles. The molecule has 2 heterocycles. The molecular weight excluding hydrogens is 565 g/mol. The second kappa shape index (κ2) is 12.4. The van der Waals surface area contributed by atoms with E-state index in [0.29, 0.717) is 16.6 Å². The molecule has 2 aliphatic rings. The number of halogens is 2. The lowest BCUT2D eigenvalue weighted by Crippen LogP contribution is -2.51. The Morgan fingerprint density at radius 3 is 2.29 bits per heavy atom. The Labute approximate surface area is 260 Å². The van der Waals surface area contributed by atoms with Crippen molar-refractivity contribution in [1.29, 1.82) is 0 Å². The number of amides is 2. The van der Waals surface area contributed by atoms with E-state index in [4.69, 9.17) is 23.2 Å². The highest BCUT2D eigenvalue weighted by Gasteiger charge is 2.50. The summed E-state index contributed by atoms with van der Waals surface area (Å²) >= 11 is 12.7. The van der Waals surface area contributed by atoms with E-state index in [1.54, 1.807) is 6.92 Å². The number of piperidine rings is 1. The molecule has 2 atom stereocenters. The molecule has 0 bridgehead atoms. The SMILES string of the molecule is CC(=O)N1c2ccccc2C2(CCN(CC[C@H](CN(C)C(=O)c3cc(C)cc(C)c3)c3ccc(Cl)c(Cl)c3)CC2)[C@@H]1C. The first-order chi connectivity index (χ1) is 20.0. The van der Waals surface area contributed by atoms with Crippen LogP contribution in [-0.4, -0.2) is 60.9 Å². The topological polar surface area (TPSA) is 43.9 Å². The fourth-order valence-electron chi connectivity index (χ4n) is 7.29. The number of benzene rings is 3. The first-order valence-corrected chi connectivity index (χ1v) is 15.7. The van der Waals surface area contributed by atoms with Gasteiger partial charge in [-0.2, -0.15) is 0 Å². The zero-order valence-corrected chi connectivity index (χ0v) is 26.8. The minimum atomic E-state index is -0.0134. The van der Waals surface area contributed by atoms with Gasteiger partial charge < -0.3 is 14.7 Å². The van der Waals surface area contributed by atoms with Crippen LogP contribution in [0.25, 0.3) is 0 Å². The van der Waals surface area contributed by atoms with Gasteiger partial charge in [-0.3, -0.25) is 9.59 Å². The lowest BCUT2D eigenvalue weighted by atomic mass is 9.70. The van der Waals surface area contributed by atoms with Gasteiger partial charge in [-0.25, -0.2) is 0 Å². The summed E-state index contributed by atoms with van der Waals surface area (Å²) in [6.07, 6.45) is 2.91. The normalized spacial score (nSPS) is 18.6. The minimum absolute atomic E-state index is 0.0134. The zero-order valence-electron chi connectivity index (χ0n) is 25.3. The molecule has 5 rings (SSSR count). The summed E-state index contributed by atoms with van der Waals surface area (Å²) in [7, 11) is 1.88. The molecule has 1 fully saturated rings. The van der Waals surface area contributed by atoms with Crippen molar-refractivity contribution in [3.63, 3.8) is 0 Å². The summed E-state index contributed by atoms with van der Waals surface area (Å²) in [5, 5.41) is 1.07. The second-order valence-corrected chi connectivity index (χ2v) is 13.1. The molecule has 0 saturated carbocycles. The van der Waals surface area contributed by atoms with Crippen LogP contribution in [0.3, 0.4) is 0 Å². The van der Waals surface area contributed by atoms with E-state index in [-0.39, 0.29) is 29.2 Å². The van der Waals surface area contributed by atoms with E-state index in [9.17, 15) is 9.59 Å². The maximum atomic E-state index is 13.4. The maximum Gasteiger partial charge on any atom is 0.253 e. The Hall–Kier alpha value is -2.86. The molecular formula is C35H41Cl2N3O2. The third-order valence-corrected chi connectivity index (χ3v) is 10.2. The van der Waals surface area contributed by atoms with Crippen molar-refractivity contribution in [1.82, 2.24) is 9.80 Å². The highest BCUT2D eigenvalue weighted by Crippen LogP contribution is 2.51. The van der Waals surface area contributed by atoms with Crippen molar-refractivity contribution in [2.45, 2.75) is 64.3 Å². The lowest BCUT2D eigenvalue weighted by molar-refractivity contribution is -0.117. The number of carbonyl (C=O) groups is 2. The lowest BCUT2D eigenvalue weighted by Gasteiger charge is -2.43. The number of anilines is 1. The van der Waals surface area contributed by atoms with Gasteiger partial charge in [-0.15, -0.1) is 0 Å². The molecule has 42 heavy (non-hydrogen) atoms. The van der Waals surface area contributed by atoms with Gasteiger partial charge in [-0.1, -0.05) is 64.7 Å². The first kappa shape index (κ1) is 30.6. The van der Waals surface area contributed by atoms with Crippen LogP contribution in [-0.2, 0) is 10.2 Å². The van der Waals surface area contributed by atoms with Crippen LogP contribution in [0.4, 0.5) is 5.69 Å². The van der Waals surface area contributed by atoms with Crippen LogP contribution in [0.15, 0.2) is 60.7 Å². The van der Waals surface area contributed by atoms with Gasteiger partial charge in [0.15, 0.2) is 0 Å². The van der Waals surface area contributed by atoms with Gasteiger partial charge >= 0.3 is 0 Å². The number of aryl methyl sites for hydroxylation is 2. The Kier molecular flexibility index (Phi) is 9.03. The summed E-state index contributed by atoms with van der Waals surface area (Å²) in [6, 6.07) is 20.4. The van der Waals surface area contributed by atoms with Gasteiger partial charge in [0.1, 0.15) is 0 Å². The minimum Gasteiger partial charge on any atom is -0.341 e. The smallest absolute Gasteiger partial charge is 0.253 e. The van der Waals surface area contributed by atoms with E-state index in [2.05, 4.69) is 36.1 Å². The molecule has 1 saturated heterocycles. The van der Waals surface area contributed by atoms with Crippen molar-refractivity contribution < 1.29 is 9.59 Å². The highest BCUT2D eigenvalue weighted by atomic mass is 35.5. The predicted molar refractivity (Wildman–Crippen MR) is 173 cm³/mol. The molecule has 2 aliphatic heterocycles. The first-order valence-electron chi connectivity index (χ1n) is 14.9. The van der Waals surface area contributed by atoms with Crippen LogP contribution in [0.1, 0.15) is 71.6 Å². The van der Waals surface area contributed by atoms with E-state index < -0.39 is 0 Å². The molecule has 5 nitrogen and oxygen atoms in total. The summed E-state index contributed by atoms with van der Waals surface area (Å²) in [6.45, 7) is 11.4. The van der Waals surface area contributed by atoms with E-state index >= 15 is 0 Å². The largest absolute Gasteiger partial charge is 0.341 e. The quantitative estimate of drug-likeness (QED) is 0.278. The van der Waals surface area contributed by atoms with E-state index in [1.807, 2.05) is 67.1 Å². The zero-order chi connectivity index (χ0) is 30.2. The van der Waals surface area contributed by atoms with E-state index in [0.717, 1.165) is 66.8 Å². The Morgan fingerprint density at radius 2 is 1.64 bits per heavy atom. The number of nitrogens with zero attached hydrogens (tertiary/aromatic N) is 3.